The summed E-state index contributed by atoms with van der Waals surface area (Å²) < 4.78 is 0. The van der Waals surface area contributed by atoms with Gasteiger partial charge in [0, 0.05) is 31.6 Å². The van der Waals surface area contributed by atoms with Crippen LogP contribution >= 0.6 is 0 Å². The summed E-state index contributed by atoms with van der Waals surface area (Å²) in [6.45, 7) is 13.5. The molecule has 2 fully saturated rings. The van der Waals surface area contributed by atoms with Crippen molar-refractivity contribution in [2.24, 2.45) is 11.3 Å². The third-order valence-corrected chi connectivity index (χ3v) is 5.83. The van der Waals surface area contributed by atoms with Gasteiger partial charge in [-0.1, -0.05) is 33.6 Å². The molecule has 0 bridgehead atoms. The van der Waals surface area contributed by atoms with E-state index in [4.69, 9.17) is 0 Å². The fraction of sp³-hybridized carbons (Fsp3) is 1.00. The zero-order valence-corrected chi connectivity index (χ0v) is 13.9. The number of piperidine rings is 1. The van der Waals surface area contributed by atoms with Crippen molar-refractivity contribution in [3.8, 4) is 0 Å². The van der Waals surface area contributed by atoms with Crippen molar-refractivity contribution in [3.05, 3.63) is 0 Å². The molecule has 1 heterocycles. The van der Waals surface area contributed by atoms with E-state index in [1.54, 1.807) is 0 Å². The van der Waals surface area contributed by atoms with Crippen molar-refractivity contribution in [2.45, 2.75) is 71.4 Å². The minimum atomic E-state index is -0.341. The van der Waals surface area contributed by atoms with Crippen LogP contribution in [0.2, 0.25) is 0 Å². The van der Waals surface area contributed by atoms with Gasteiger partial charge in [-0.15, -0.1) is 0 Å². The number of nitrogens with one attached hydrogen (secondary N) is 1. The van der Waals surface area contributed by atoms with Crippen molar-refractivity contribution in [1.29, 1.82) is 0 Å². The monoisotopic (exact) mass is 282 g/mol. The lowest BCUT2D eigenvalue weighted by atomic mass is 9.71. The van der Waals surface area contributed by atoms with Gasteiger partial charge in [-0.2, -0.15) is 0 Å². The van der Waals surface area contributed by atoms with Gasteiger partial charge in [0.25, 0.3) is 0 Å². The molecule has 3 heteroatoms. The summed E-state index contributed by atoms with van der Waals surface area (Å²) in [6.07, 6.45) is 5.75. The lowest BCUT2D eigenvalue weighted by Crippen LogP contribution is -2.56. The van der Waals surface area contributed by atoms with E-state index in [2.05, 4.69) is 37.9 Å². The third-order valence-electron chi connectivity index (χ3n) is 5.83. The Labute approximate surface area is 125 Å². The lowest BCUT2D eigenvalue weighted by Gasteiger charge is -2.49. The maximum atomic E-state index is 10.8. The second-order valence-electron chi connectivity index (χ2n) is 7.80. The van der Waals surface area contributed by atoms with Crippen molar-refractivity contribution < 1.29 is 5.11 Å². The van der Waals surface area contributed by atoms with Crippen LogP contribution < -0.4 is 5.32 Å². The first-order valence-corrected chi connectivity index (χ1v) is 8.55. The van der Waals surface area contributed by atoms with Gasteiger partial charge < -0.3 is 15.3 Å². The molecule has 0 aromatic carbocycles. The molecule has 1 saturated carbocycles. The van der Waals surface area contributed by atoms with Gasteiger partial charge in [-0.3, -0.25) is 0 Å². The maximum Gasteiger partial charge on any atom is 0.0700 e. The summed E-state index contributed by atoms with van der Waals surface area (Å²) >= 11 is 0. The van der Waals surface area contributed by atoms with Crippen molar-refractivity contribution in [2.75, 3.05) is 26.2 Å². The Kier molecular flexibility index (Phi) is 5.14. The molecule has 0 amide bonds. The molecule has 118 valence electrons. The molecule has 1 aliphatic heterocycles. The normalized spacial score (nSPS) is 33.8. The van der Waals surface area contributed by atoms with Crippen LogP contribution in [-0.2, 0) is 0 Å². The van der Waals surface area contributed by atoms with Crippen molar-refractivity contribution in [3.63, 3.8) is 0 Å². The van der Waals surface area contributed by atoms with E-state index in [1.165, 1.54) is 19.3 Å². The SMILES string of the molecule is CCNC(C)C(C)(C)CN1CCC2(O)CCCCC2C1. The molecule has 3 atom stereocenters. The van der Waals surface area contributed by atoms with E-state index < -0.39 is 0 Å². The van der Waals surface area contributed by atoms with Gasteiger partial charge in [0.15, 0.2) is 0 Å². The molecule has 3 unspecified atom stereocenters. The third kappa shape index (κ3) is 3.55. The maximum absolute atomic E-state index is 10.8. The van der Waals surface area contributed by atoms with Gasteiger partial charge in [0.1, 0.15) is 0 Å². The molecule has 1 saturated heterocycles. The average Bonchev–Trinajstić information content (AvgIpc) is 2.39. The van der Waals surface area contributed by atoms with Gasteiger partial charge in [0.05, 0.1) is 5.60 Å². The summed E-state index contributed by atoms with van der Waals surface area (Å²) in [6, 6.07) is 0.527. The highest BCUT2D eigenvalue weighted by molar-refractivity contribution is 4.97. The zero-order chi connectivity index (χ0) is 14.8. The summed E-state index contributed by atoms with van der Waals surface area (Å²) in [5.74, 6) is 0.509. The standard InChI is InChI=1S/C17H34N2O/c1-5-18-14(2)16(3,4)13-19-11-10-17(20)9-7-6-8-15(17)12-19/h14-15,18,20H,5-13H2,1-4H3. The molecule has 0 radical (unpaired) electrons. The second-order valence-corrected chi connectivity index (χ2v) is 7.80. The van der Waals surface area contributed by atoms with Gasteiger partial charge >= 0.3 is 0 Å². The molecule has 20 heavy (non-hydrogen) atoms. The highest BCUT2D eigenvalue weighted by Gasteiger charge is 2.43. The summed E-state index contributed by atoms with van der Waals surface area (Å²) in [5, 5.41) is 14.3. The Balaban J connectivity index is 1.91. The van der Waals surface area contributed by atoms with Crippen LogP contribution in [0.1, 0.15) is 59.8 Å². The first kappa shape index (κ1) is 16.3. The van der Waals surface area contributed by atoms with Crippen LogP contribution in [0.4, 0.5) is 0 Å². The minimum absolute atomic E-state index is 0.278. The van der Waals surface area contributed by atoms with E-state index in [0.717, 1.165) is 39.0 Å². The van der Waals surface area contributed by atoms with Crippen LogP contribution in [0, 0.1) is 11.3 Å². The topological polar surface area (TPSA) is 35.5 Å². The summed E-state index contributed by atoms with van der Waals surface area (Å²) in [4.78, 5) is 2.60. The van der Waals surface area contributed by atoms with Crippen LogP contribution in [-0.4, -0.2) is 47.8 Å². The fourth-order valence-electron chi connectivity index (χ4n) is 4.08. The molecule has 2 aliphatic rings. The molecule has 1 aliphatic carbocycles. The van der Waals surface area contributed by atoms with Crippen molar-refractivity contribution >= 4 is 0 Å². The molecular weight excluding hydrogens is 248 g/mol. The molecule has 0 aromatic rings. The average molecular weight is 282 g/mol. The second kappa shape index (κ2) is 6.33. The molecular formula is C17H34N2O. The number of likely N-dealkylation sites (tertiary alicyclic amines) is 1. The molecule has 0 spiro atoms. The number of hydrogen-bond donors (Lipinski definition) is 2. The highest BCUT2D eigenvalue weighted by atomic mass is 16.3. The smallest absolute Gasteiger partial charge is 0.0700 e. The van der Waals surface area contributed by atoms with Crippen LogP contribution in [0.15, 0.2) is 0 Å². The number of nitrogens with zero attached hydrogens (tertiary/aromatic N) is 1. The van der Waals surface area contributed by atoms with Crippen LogP contribution in [0.5, 0.6) is 0 Å². The first-order valence-electron chi connectivity index (χ1n) is 8.55. The zero-order valence-electron chi connectivity index (χ0n) is 13.9. The van der Waals surface area contributed by atoms with Crippen molar-refractivity contribution in [1.82, 2.24) is 10.2 Å². The van der Waals surface area contributed by atoms with E-state index in [1.807, 2.05) is 0 Å². The highest BCUT2D eigenvalue weighted by Crippen LogP contribution is 2.40. The van der Waals surface area contributed by atoms with E-state index in [0.29, 0.717) is 12.0 Å². The van der Waals surface area contributed by atoms with Crippen LogP contribution in [0.3, 0.4) is 0 Å². The summed E-state index contributed by atoms with van der Waals surface area (Å²) in [7, 11) is 0. The van der Waals surface area contributed by atoms with E-state index in [-0.39, 0.29) is 11.0 Å². The van der Waals surface area contributed by atoms with Gasteiger partial charge in [-0.05, 0) is 38.1 Å². The Hall–Kier alpha value is -0.120. The van der Waals surface area contributed by atoms with Gasteiger partial charge in [-0.25, -0.2) is 0 Å². The fourth-order valence-corrected chi connectivity index (χ4v) is 4.08. The summed E-state index contributed by atoms with van der Waals surface area (Å²) in [5.41, 5.74) is -0.0632. The lowest BCUT2D eigenvalue weighted by molar-refractivity contribution is -0.100. The van der Waals surface area contributed by atoms with E-state index in [9.17, 15) is 5.11 Å². The predicted octanol–water partition coefficient (Wildman–Crippen LogP) is 2.64. The quantitative estimate of drug-likeness (QED) is 0.814. The van der Waals surface area contributed by atoms with E-state index >= 15 is 0 Å². The number of hydrogen-bond acceptors (Lipinski definition) is 3. The van der Waals surface area contributed by atoms with Crippen LogP contribution in [0.25, 0.3) is 0 Å². The Morgan fingerprint density at radius 2 is 2.10 bits per heavy atom. The Morgan fingerprint density at radius 1 is 1.35 bits per heavy atom. The molecule has 0 aromatic heterocycles. The first-order chi connectivity index (χ1) is 9.37. The molecule has 2 rings (SSSR count). The minimum Gasteiger partial charge on any atom is -0.390 e. The number of rotatable bonds is 5. The Bertz CT molecular complexity index is 318. The number of aliphatic hydroxyl groups is 1. The molecule has 2 N–H and O–H groups in total. The van der Waals surface area contributed by atoms with Gasteiger partial charge in [0.2, 0.25) is 0 Å². The largest absolute Gasteiger partial charge is 0.390 e. The Morgan fingerprint density at radius 3 is 2.80 bits per heavy atom. The number of fused-ring (bicyclic) bond motifs is 1. The predicted molar refractivity (Wildman–Crippen MR) is 84.9 cm³/mol. The molecule has 3 nitrogen and oxygen atoms in total.